The van der Waals surface area contributed by atoms with Gasteiger partial charge in [-0.05, 0) is 23.8 Å². The largest absolute Gasteiger partial charge is 0.308 e. The fraction of sp³-hybridized carbons (Fsp3) is 0.0714. The summed E-state index contributed by atoms with van der Waals surface area (Å²) < 4.78 is 27.2. The zero-order chi connectivity index (χ0) is 15.6. The second kappa shape index (κ2) is 5.97. The molecule has 0 fully saturated rings. The van der Waals surface area contributed by atoms with Gasteiger partial charge in [0, 0.05) is 11.4 Å². The summed E-state index contributed by atoms with van der Waals surface area (Å²) >= 11 is 5.76. The van der Waals surface area contributed by atoms with Crippen LogP contribution in [0.1, 0.15) is 15.9 Å². The molecular weight excluding hydrogens is 304 g/mol. The number of nitro benzene ring substituents is 1. The predicted molar refractivity (Wildman–Crippen MR) is 72.5 cm³/mol. The van der Waals surface area contributed by atoms with E-state index in [0.717, 1.165) is 0 Å². The standard InChI is InChI=1S/C14H8ClF2NO3/c15-9-3-1-2-8(4-9)5-13(19)11-6-10(16)7-12(14(11)17)18(20)21/h1-4,6-7H,5H2. The maximum Gasteiger partial charge on any atom is 0.308 e. The van der Waals surface area contributed by atoms with Crippen LogP contribution in [-0.2, 0) is 6.42 Å². The van der Waals surface area contributed by atoms with Crippen LogP contribution in [0.4, 0.5) is 14.5 Å². The first kappa shape index (κ1) is 15.1. The van der Waals surface area contributed by atoms with Crippen LogP contribution < -0.4 is 0 Å². The number of nitro groups is 1. The minimum Gasteiger partial charge on any atom is -0.294 e. The molecule has 7 heteroatoms. The van der Waals surface area contributed by atoms with Gasteiger partial charge in [-0.3, -0.25) is 14.9 Å². The van der Waals surface area contributed by atoms with Crippen LogP contribution in [0.3, 0.4) is 0 Å². The van der Waals surface area contributed by atoms with E-state index in [2.05, 4.69) is 0 Å². The van der Waals surface area contributed by atoms with Gasteiger partial charge in [-0.15, -0.1) is 0 Å². The Morgan fingerprint density at radius 1 is 1.24 bits per heavy atom. The lowest BCUT2D eigenvalue weighted by Crippen LogP contribution is -2.09. The fourth-order valence-corrected chi connectivity index (χ4v) is 2.05. The molecule has 0 spiro atoms. The van der Waals surface area contributed by atoms with Gasteiger partial charge in [0.25, 0.3) is 0 Å². The Bertz CT molecular complexity index is 734. The van der Waals surface area contributed by atoms with E-state index in [-0.39, 0.29) is 6.42 Å². The Balaban J connectivity index is 2.37. The van der Waals surface area contributed by atoms with Gasteiger partial charge < -0.3 is 0 Å². The van der Waals surface area contributed by atoms with Crippen molar-refractivity contribution < 1.29 is 18.5 Å². The summed E-state index contributed by atoms with van der Waals surface area (Å²) in [6.45, 7) is 0. The maximum absolute atomic E-state index is 13.9. The minimum atomic E-state index is -1.34. The normalized spacial score (nSPS) is 10.4. The number of rotatable bonds is 4. The molecule has 0 atom stereocenters. The van der Waals surface area contributed by atoms with Crippen molar-refractivity contribution in [2.24, 2.45) is 0 Å². The van der Waals surface area contributed by atoms with E-state index in [4.69, 9.17) is 11.6 Å². The highest BCUT2D eigenvalue weighted by Crippen LogP contribution is 2.24. The van der Waals surface area contributed by atoms with Crippen LogP contribution in [0.25, 0.3) is 0 Å². The monoisotopic (exact) mass is 311 g/mol. The number of carbonyl (C=O) groups is 1. The van der Waals surface area contributed by atoms with E-state index >= 15 is 0 Å². The minimum absolute atomic E-state index is 0.238. The van der Waals surface area contributed by atoms with E-state index in [0.29, 0.717) is 22.7 Å². The second-order valence-corrected chi connectivity index (χ2v) is 4.71. The Kier molecular flexibility index (Phi) is 4.28. The second-order valence-electron chi connectivity index (χ2n) is 4.27. The third-order valence-electron chi connectivity index (χ3n) is 2.77. The highest BCUT2D eigenvalue weighted by molar-refractivity contribution is 6.30. The van der Waals surface area contributed by atoms with E-state index in [1.807, 2.05) is 0 Å². The van der Waals surface area contributed by atoms with Crippen LogP contribution in [0.2, 0.25) is 5.02 Å². The summed E-state index contributed by atoms with van der Waals surface area (Å²) in [5.74, 6) is -3.15. The highest BCUT2D eigenvalue weighted by atomic mass is 35.5. The summed E-state index contributed by atoms with van der Waals surface area (Å²) in [6, 6.07) is 7.39. The molecule has 0 radical (unpaired) electrons. The zero-order valence-corrected chi connectivity index (χ0v) is 11.2. The zero-order valence-electron chi connectivity index (χ0n) is 10.5. The number of nitrogens with zero attached hydrogens (tertiary/aromatic N) is 1. The number of carbonyl (C=O) groups excluding carboxylic acids is 1. The van der Waals surface area contributed by atoms with Gasteiger partial charge in [-0.2, -0.15) is 4.39 Å². The molecule has 2 aromatic rings. The number of halogens is 3. The van der Waals surface area contributed by atoms with Gasteiger partial charge in [0.05, 0.1) is 16.6 Å². The molecule has 0 aromatic heterocycles. The molecule has 0 saturated heterocycles. The molecule has 0 aliphatic heterocycles. The van der Waals surface area contributed by atoms with Gasteiger partial charge in [0.2, 0.25) is 5.82 Å². The van der Waals surface area contributed by atoms with Crippen molar-refractivity contribution in [3.63, 3.8) is 0 Å². The first-order chi connectivity index (χ1) is 9.88. The third-order valence-corrected chi connectivity index (χ3v) is 3.00. The number of ketones is 1. The van der Waals surface area contributed by atoms with Gasteiger partial charge in [0.1, 0.15) is 5.82 Å². The van der Waals surface area contributed by atoms with Crippen molar-refractivity contribution in [3.8, 4) is 0 Å². The molecule has 0 saturated carbocycles. The summed E-state index contributed by atoms with van der Waals surface area (Å²) in [6.07, 6.45) is -0.238. The quantitative estimate of drug-likeness (QED) is 0.488. The molecular formula is C14H8ClF2NO3. The maximum atomic E-state index is 13.9. The van der Waals surface area contributed by atoms with Gasteiger partial charge >= 0.3 is 5.69 Å². The summed E-state index contributed by atoms with van der Waals surface area (Å²) in [4.78, 5) is 21.5. The molecule has 2 aromatic carbocycles. The Morgan fingerprint density at radius 3 is 2.57 bits per heavy atom. The number of benzene rings is 2. The lowest BCUT2D eigenvalue weighted by Gasteiger charge is -2.04. The van der Waals surface area contributed by atoms with Gasteiger partial charge in [-0.25, -0.2) is 4.39 Å². The average Bonchev–Trinajstić information content (AvgIpc) is 2.40. The molecule has 108 valence electrons. The Morgan fingerprint density at radius 2 is 1.95 bits per heavy atom. The Labute approximate surface area is 123 Å². The summed E-state index contributed by atoms with van der Waals surface area (Å²) in [5.41, 5.74) is -1.22. The molecule has 0 bridgehead atoms. The lowest BCUT2D eigenvalue weighted by molar-refractivity contribution is -0.387. The van der Waals surface area contributed by atoms with Crippen LogP contribution in [0, 0.1) is 21.7 Å². The number of hydrogen-bond donors (Lipinski definition) is 0. The summed E-state index contributed by atoms with van der Waals surface area (Å²) in [5, 5.41) is 11.0. The van der Waals surface area contributed by atoms with Crippen molar-refractivity contribution in [1.82, 2.24) is 0 Å². The molecule has 2 rings (SSSR count). The van der Waals surface area contributed by atoms with Crippen molar-refractivity contribution in [2.75, 3.05) is 0 Å². The first-order valence-corrected chi connectivity index (χ1v) is 6.17. The number of Topliss-reactive ketones (excluding diaryl/α,β-unsaturated/α-hetero) is 1. The number of hydrogen-bond acceptors (Lipinski definition) is 3. The van der Waals surface area contributed by atoms with Gasteiger partial charge in [-0.1, -0.05) is 23.7 Å². The van der Waals surface area contributed by atoms with E-state index in [1.165, 1.54) is 6.07 Å². The average molecular weight is 312 g/mol. The van der Waals surface area contributed by atoms with E-state index in [1.54, 1.807) is 18.2 Å². The van der Waals surface area contributed by atoms with Crippen LogP contribution in [0.5, 0.6) is 0 Å². The van der Waals surface area contributed by atoms with Crippen LogP contribution in [-0.4, -0.2) is 10.7 Å². The predicted octanol–water partition coefficient (Wildman–Crippen LogP) is 3.95. The fourth-order valence-electron chi connectivity index (χ4n) is 1.84. The van der Waals surface area contributed by atoms with Crippen LogP contribution in [0.15, 0.2) is 36.4 Å². The molecule has 0 aliphatic rings. The van der Waals surface area contributed by atoms with Crippen molar-refractivity contribution in [3.05, 3.63) is 74.3 Å². The van der Waals surface area contributed by atoms with Crippen molar-refractivity contribution in [1.29, 1.82) is 0 Å². The van der Waals surface area contributed by atoms with Crippen molar-refractivity contribution in [2.45, 2.75) is 6.42 Å². The molecule has 21 heavy (non-hydrogen) atoms. The highest BCUT2D eigenvalue weighted by Gasteiger charge is 2.24. The summed E-state index contributed by atoms with van der Waals surface area (Å²) in [7, 11) is 0. The lowest BCUT2D eigenvalue weighted by atomic mass is 10.0. The Hall–Kier alpha value is -2.34. The molecule has 0 unspecified atom stereocenters. The first-order valence-electron chi connectivity index (χ1n) is 5.79. The molecule has 0 heterocycles. The third kappa shape index (κ3) is 3.41. The van der Waals surface area contributed by atoms with E-state index < -0.39 is 33.6 Å². The van der Waals surface area contributed by atoms with Gasteiger partial charge in [0.15, 0.2) is 5.78 Å². The van der Waals surface area contributed by atoms with Crippen LogP contribution >= 0.6 is 11.6 Å². The molecule has 0 aliphatic carbocycles. The molecule has 0 amide bonds. The SMILES string of the molecule is O=C(Cc1cccc(Cl)c1)c1cc(F)cc([N+](=O)[O-])c1F. The molecule has 4 nitrogen and oxygen atoms in total. The topological polar surface area (TPSA) is 60.2 Å². The van der Waals surface area contributed by atoms with E-state index in [9.17, 15) is 23.7 Å². The van der Waals surface area contributed by atoms with Crippen molar-refractivity contribution >= 4 is 23.1 Å². The smallest absolute Gasteiger partial charge is 0.294 e. The molecule has 0 N–H and O–H groups in total.